The molecule has 1 rings (SSSR count). The summed E-state index contributed by atoms with van der Waals surface area (Å²) in [5.74, 6) is 0. The third kappa shape index (κ3) is 1.16. The lowest BCUT2D eigenvalue weighted by atomic mass is 9.93. The predicted molar refractivity (Wildman–Crippen MR) is 47.0 cm³/mol. The molecule has 0 aromatic carbocycles. The van der Waals surface area contributed by atoms with E-state index in [-0.39, 0.29) is 5.54 Å². The highest BCUT2D eigenvalue weighted by Crippen LogP contribution is 2.40. The third-order valence-corrected chi connectivity index (χ3v) is 3.18. The summed E-state index contributed by atoms with van der Waals surface area (Å²) in [4.78, 5) is 0. The normalized spacial score (nSPS) is 42.0. The molecule has 1 saturated heterocycles. The Morgan fingerprint density at radius 2 is 1.92 bits per heavy atom. The van der Waals surface area contributed by atoms with E-state index in [1.165, 1.54) is 5.06 Å². The molecule has 3 nitrogen and oxygen atoms in total. The Balaban J connectivity index is 2.92. The molecule has 0 amide bonds. The second-order valence-electron chi connectivity index (χ2n) is 4.55. The Kier molecular flexibility index (Phi) is 2.23. The first-order valence-corrected chi connectivity index (χ1v) is 4.52. The van der Waals surface area contributed by atoms with Gasteiger partial charge in [0.2, 0.25) is 0 Å². The van der Waals surface area contributed by atoms with Crippen LogP contribution in [-0.2, 0) is 0 Å². The van der Waals surface area contributed by atoms with Crippen molar-refractivity contribution in [3.05, 3.63) is 0 Å². The van der Waals surface area contributed by atoms with Crippen LogP contribution >= 0.6 is 0 Å². The lowest BCUT2D eigenvalue weighted by Crippen LogP contribution is -2.50. The summed E-state index contributed by atoms with van der Waals surface area (Å²) in [6.45, 7) is 7.76. The van der Waals surface area contributed by atoms with Crippen molar-refractivity contribution in [1.82, 2.24) is 5.06 Å². The largest absolute Gasteiger partial charge is 0.391 e. The Morgan fingerprint density at radius 3 is 2.08 bits per heavy atom. The summed E-state index contributed by atoms with van der Waals surface area (Å²) in [6, 6.07) is 0. The Labute approximate surface area is 74.0 Å². The zero-order valence-corrected chi connectivity index (χ0v) is 8.33. The van der Waals surface area contributed by atoms with Crippen LogP contribution in [0.3, 0.4) is 0 Å². The number of nitrogens with zero attached hydrogens (tertiary/aromatic N) is 1. The van der Waals surface area contributed by atoms with Gasteiger partial charge < -0.3 is 10.3 Å². The molecule has 1 aliphatic rings. The fourth-order valence-electron chi connectivity index (χ4n) is 2.00. The number of aliphatic hydroxyl groups is 1. The number of hydrogen-bond acceptors (Lipinski definition) is 3. The van der Waals surface area contributed by atoms with Crippen LogP contribution in [-0.4, -0.2) is 32.6 Å². The quantitative estimate of drug-likeness (QED) is 0.629. The smallest absolute Gasteiger partial charge is 0.0762 e. The number of hydrogen-bond donors (Lipinski definition) is 2. The van der Waals surface area contributed by atoms with E-state index < -0.39 is 11.6 Å². The molecule has 12 heavy (non-hydrogen) atoms. The van der Waals surface area contributed by atoms with E-state index in [0.717, 1.165) is 6.42 Å². The van der Waals surface area contributed by atoms with Crippen molar-refractivity contribution in [2.24, 2.45) is 0 Å². The highest BCUT2D eigenvalue weighted by molar-refractivity contribution is 5.03. The predicted octanol–water partition coefficient (Wildman–Crippen LogP) is 1.39. The average molecular weight is 173 g/mol. The zero-order chi connectivity index (χ0) is 9.57. The monoisotopic (exact) mass is 173 g/mol. The fraction of sp³-hybridized carbons (Fsp3) is 1.00. The number of hydroxylamine groups is 2. The highest BCUT2D eigenvalue weighted by atomic mass is 16.5. The second-order valence-corrected chi connectivity index (χ2v) is 4.55. The van der Waals surface area contributed by atoms with Crippen LogP contribution in [0.4, 0.5) is 0 Å². The summed E-state index contributed by atoms with van der Waals surface area (Å²) in [6.07, 6.45) is 0.963. The van der Waals surface area contributed by atoms with Crippen LogP contribution < -0.4 is 0 Å². The van der Waals surface area contributed by atoms with Gasteiger partial charge in [0, 0.05) is 5.54 Å². The molecule has 1 fully saturated rings. The van der Waals surface area contributed by atoms with Crippen LogP contribution in [0.25, 0.3) is 0 Å². The summed E-state index contributed by atoms with van der Waals surface area (Å²) < 4.78 is 0. The van der Waals surface area contributed by atoms with Gasteiger partial charge in [0.15, 0.2) is 0 Å². The van der Waals surface area contributed by atoms with Crippen LogP contribution in [0.15, 0.2) is 0 Å². The van der Waals surface area contributed by atoms with E-state index >= 15 is 0 Å². The summed E-state index contributed by atoms with van der Waals surface area (Å²) in [5, 5.41) is 20.9. The molecular weight excluding hydrogens is 154 g/mol. The van der Waals surface area contributed by atoms with E-state index in [1.807, 2.05) is 27.7 Å². The topological polar surface area (TPSA) is 43.7 Å². The fourth-order valence-corrected chi connectivity index (χ4v) is 2.00. The summed E-state index contributed by atoms with van der Waals surface area (Å²) >= 11 is 0. The van der Waals surface area contributed by atoms with Crippen LogP contribution in [0.2, 0.25) is 0 Å². The van der Waals surface area contributed by atoms with Gasteiger partial charge in [-0.25, -0.2) is 0 Å². The maximum absolute atomic E-state index is 9.82. The van der Waals surface area contributed by atoms with E-state index in [2.05, 4.69) is 0 Å². The van der Waals surface area contributed by atoms with Crippen molar-refractivity contribution in [3.8, 4) is 0 Å². The molecule has 0 spiro atoms. The SMILES string of the molecule is CCC1(C)C(O)CC(C)(C)N1O. The van der Waals surface area contributed by atoms with Gasteiger partial charge in [0.25, 0.3) is 0 Å². The minimum atomic E-state index is -0.469. The van der Waals surface area contributed by atoms with Crippen molar-refractivity contribution in [3.63, 3.8) is 0 Å². The minimum Gasteiger partial charge on any atom is -0.391 e. The maximum Gasteiger partial charge on any atom is 0.0762 e. The lowest BCUT2D eigenvalue weighted by Gasteiger charge is -2.36. The van der Waals surface area contributed by atoms with Gasteiger partial charge in [0.05, 0.1) is 11.6 Å². The summed E-state index contributed by atoms with van der Waals surface area (Å²) in [5.41, 5.74) is -0.770. The molecule has 0 saturated carbocycles. The Bertz CT molecular complexity index is 181. The van der Waals surface area contributed by atoms with Gasteiger partial charge >= 0.3 is 0 Å². The van der Waals surface area contributed by atoms with Gasteiger partial charge in [0.1, 0.15) is 0 Å². The molecule has 2 N–H and O–H groups in total. The van der Waals surface area contributed by atoms with E-state index in [1.54, 1.807) is 0 Å². The average Bonchev–Trinajstić information content (AvgIpc) is 2.13. The second kappa shape index (κ2) is 2.69. The maximum atomic E-state index is 9.82. The minimum absolute atomic E-state index is 0.301. The molecule has 3 heteroatoms. The van der Waals surface area contributed by atoms with Crippen LogP contribution in [0, 0.1) is 0 Å². The van der Waals surface area contributed by atoms with E-state index in [4.69, 9.17) is 0 Å². The van der Waals surface area contributed by atoms with Crippen LogP contribution in [0.1, 0.15) is 40.5 Å². The number of rotatable bonds is 1. The van der Waals surface area contributed by atoms with Crippen molar-refractivity contribution in [1.29, 1.82) is 0 Å². The molecule has 0 aromatic rings. The van der Waals surface area contributed by atoms with Gasteiger partial charge in [-0.2, -0.15) is 5.06 Å². The standard InChI is InChI=1S/C9H19NO2/c1-5-9(4)7(11)6-8(2,3)10(9)12/h7,11-12H,5-6H2,1-4H3. The van der Waals surface area contributed by atoms with E-state index in [9.17, 15) is 10.3 Å². The van der Waals surface area contributed by atoms with E-state index in [0.29, 0.717) is 6.42 Å². The van der Waals surface area contributed by atoms with Crippen molar-refractivity contribution < 1.29 is 10.3 Å². The van der Waals surface area contributed by atoms with Crippen LogP contribution in [0.5, 0.6) is 0 Å². The van der Waals surface area contributed by atoms with Gasteiger partial charge in [-0.1, -0.05) is 6.92 Å². The molecule has 2 atom stereocenters. The van der Waals surface area contributed by atoms with Gasteiger partial charge in [-0.3, -0.25) is 0 Å². The Hall–Kier alpha value is -0.120. The molecule has 0 aliphatic carbocycles. The van der Waals surface area contributed by atoms with Gasteiger partial charge in [-0.15, -0.1) is 0 Å². The highest BCUT2D eigenvalue weighted by Gasteiger charge is 2.52. The molecule has 72 valence electrons. The summed E-state index contributed by atoms with van der Waals surface area (Å²) in [7, 11) is 0. The molecule has 0 bridgehead atoms. The Morgan fingerprint density at radius 1 is 1.42 bits per heavy atom. The van der Waals surface area contributed by atoms with Crippen molar-refractivity contribution in [2.45, 2.75) is 57.7 Å². The molecule has 1 aliphatic heterocycles. The molecule has 0 radical (unpaired) electrons. The number of aliphatic hydroxyl groups excluding tert-OH is 1. The first kappa shape index (κ1) is 9.96. The zero-order valence-electron chi connectivity index (χ0n) is 8.33. The molecule has 2 unspecified atom stereocenters. The first-order valence-electron chi connectivity index (χ1n) is 4.52. The van der Waals surface area contributed by atoms with Crippen molar-refractivity contribution >= 4 is 0 Å². The lowest BCUT2D eigenvalue weighted by molar-refractivity contribution is -0.207. The third-order valence-electron chi connectivity index (χ3n) is 3.18. The molecule has 1 heterocycles. The molecule has 0 aromatic heterocycles. The van der Waals surface area contributed by atoms with Gasteiger partial charge in [-0.05, 0) is 33.6 Å². The molecular formula is C9H19NO2. The first-order chi connectivity index (χ1) is 5.34. The van der Waals surface area contributed by atoms with Crippen molar-refractivity contribution in [2.75, 3.05) is 0 Å².